The van der Waals surface area contributed by atoms with Gasteiger partial charge in [-0.25, -0.2) is 9.97 Å². The highest BCUT2D eigenvalue weighted by Crippen LogP contribution is 2.25. The lowest BCUT2D eigenvalue weighted by molar-refractivity contribution is -0.105. The van der Waals surface area contributed by atoms with Crippen molar-refractivity contribution < 1.29 is 9.53 Å². The van der Waals surface area contributed by atoms with Crippen LogP contribution in [0.2, 0.25) is 5.15 Å². The van der Waals surface area contributed by atoms with Crippen molar-refractivity contribution in [1.29, 1.82) is 0 Å². The van der Waals surface area contributed by atoms with E-state index in [-0.39, 0.29) is 0 Å². The SMILES string of the molecule is Cc1nc(NC=O)ccc1Oc1ccnc(Cl)c1. The molecule has 92 valence electrons. The van der Waals surface area contributed by atoms with Gasteiger partial charge < -0.3 is 10.1 Å². The predicted octanol–water partition coefficient (Wildman–Crippen LogP) is 2.80. The van der Waals surface area contributed by atoms with Gasteiger partial charge in [-0.15, -0.1) is 0 Å². The lowest BCUT2D eigenvalue weighted by atomic mass is 10.3. The van der Waals surface area contributed by atoms with Crippen LogP contribution in [-0.2, 0) is 4.79 Å². The number of rotatable bonds is 4. The Morgan fingerprint density at radius 2 is 2.22 bits per heavy atom. The summed E-state index contributed by atoms with van der Waals surface area (Å²) in [6.07, 6.45) is 2.13. The highest BCUT2D eigenvalue weighted by Gasteiger charge is 2.04. The van der Waals surface area contributed by atoms with Crippen LogP contribution >= 0.6 is 11.6 Å². The van der Waals surface area contributed by atoms with E-state index in [0.29, 0.717) is 34.6 Å². The first-order chi connectivity index (χ1) is 8.69. The van der Waals surface area contributed by atoms with Gasteiger partial charge in [-0.1, -0.05) is 11.6 Å². The summed E-state index contributed by atoms with van der Waals surface area (Å²) in [4.78, 5) is 18.3. The smallest absolute Gasteiger partial charge is 0.212 e. The molecule has 0 atom stereocenters. The molecule has 0 spiro atoms. The van der Waals surface area contributed by atoms with Crippen molar-refractivity contribution in [3.8, 4) is 11.5 Å². The minimum Gasteiger partial charge on any atom is -0.455 e. The standard InChI is InChI=1S/C12H10ClN3O2/c1-8-10(2-3-12(16-8)15-7-17)18-9-4-5-14-11(13)6-9/h2-7H,1H3,(H,15,16,17). The van der Waals surface area contributed by atoms with E-state index in [2.05, 4.69) is 15.3 Å². The van der Waals surface area contributed by atoms with E-state index in [1.165, 1.54) is 0 Å². The molecular weight excluding hydrogens is 254 g/mol. The Bertz CT molecular complexity index is 575. The molecule has 0 aromatic carbocycles. The maximum Gasteiger partial charge on any atom is 0.212 e. The van der Waals surface area contributed by atoms with E-state index in [0.717, 1.165) is 0 Å². The maximum absolute atomic E-state index is 10.3. The van der Waals surface area contributed by atoms with Gasteiger partial charge in [-0.05, 0) is 25.1 Å². The molecule has 6 heteroatoms. The van der Waals surface area contributed by atoms with Crippen molar-refractivity contribution in [3.63, 3.8) is 0 Å². The quantitative estimate of drug-likeness (QED) is 0.680. The number of carbonyl (C=O) groups excluding carboxylic acids is 1. The van der Waals surface area contributed by atoms with Gasteiger partial charge in [0.1, 0.15) is 22.5 Å². The highest BCUT2D eigenvalue weighted by molar-refractivity contribution is 6.29. The Morgan fingerprint density at radius 1 is 1.39 bits per heavy atom. The number of nitrogens with one attached hydrogen (secondary N) is 1. The predicted molar refractivity (Wildman–Crippen MR) is 68.0 cm³/mol. The molecule has 0 aliphatic carbocycles. The summed E-state index contributed by atoms with van der Waals surface area (Å²) in [6.45, 7) is 1.79. The molecule has 0 radical (unpaired) electrons. The fraction of sp³-hybridized carbons (Fsp3) is 0.0833. The number of pyridine rings is 2. The lowest BCUT2D eigenvalue weighted by Gasteiger charge is -2.09. The van der Waals surface area contributed by atoms with Gasteiger partial charge in [-0.3, -0.25) is 4.79 Å². The van der Waals surface area contributed by atoms with Gasteiger partial charge in [0.25, 0.3) is 0 Å². The summed E-state index contributed by atoms with van der Waals surface area (Å²) >= 11 is 5.76. The molecule has 2 aromatic heterocycles. The van der Waals surface area contributed by atoms with E-state index < -0.39 is 0 Å². The number of hydrogen-bond donors (Lipinski definition) is 1. The van der Waals surface area contributed by atoms with Gasteiger partial charge in [0.05, 0.1) is 5.69 Å². The number of amides is 1. The number of carbonyl (C=O) groups is 1. The van der Waals surface area contributed by atoms with Crippen LogP contribution in [0.25, 0.3) is 0 Å². The van der Waals surface area contributed by atoms with Gasteiger partial charge in [0.2, 0.25) is 6.41 Å². The van der Waals surface area contributed by atoms with E-state index in [4.69, 9.17) is 16.3 Å². The molecule has 1 N–H and O–H groups in total. The minimum atomic E-state index is 0.359. The zero-order chi connectivity index (χ0) is 13.0. The molecule has 0 saturated heterocycles. The number of hydrogen-bond acceptors (Lipinski definition) is 4. The van der Waals surface area contributed by atoms with E-state index in [9.17, 15) is 4.79 Å². The number of anilines is 1. The summed E-state index contributed by atoms with van der Waals surface area (Å²) in [5.74, 6) is 1.65. The largest absolute Gasteiger partial charge is 0.455 e. The van der Waals surface area contributed by atoms with Crippen molar-refractivity contribution in [2.75, 3.05) is 5.32 Å². The number of ether oxygens (including phenoxy) is 1. The molecule has 0 unspecified atom stereocenters. The van der Waals surface area contributed by atoms with Crippen LogP contribution in [0.1, 0.15) is 5.69 Å². The first-order valence-corrected chi connectivity index (χ1v) is 5.54. The summed E-state index contributed by atoms with van der Waals surface area (Å²) in [5, 5.41) is 2.83. The summed E-state index contributed by atoms with van der Waals surface area (Å²) < 4.78 is 5.62. The van der Waals surface area contributed by atoms with Crippen LogP contribution in [0, 0.1) is 6.92 Å². The average Bonchev–Trinajstić information content (AvgIpc) is 2.33. The Labute approximate surface area is 109 Å². The van der Waals surface area contributed by atoms with E-state index in [1.54, 1.807) is 37.4 Å². The lowest BCUT2D eigenvalue weighted by Crippen LogP contribution is -1.99. The number of nitrogens with zero attached hydrogens (tertiary/aromatic N) is 2. The fourth-order valence-corrected chi connectivity index (χ4v) is 1.54. The van der Waals surface area contributed by atoms with Crippen molar-refractivity contribution in [2.24, 2.45) is 0 Å². The highest BCUT2D eigenvalue weighted by atomic mass is 35.5. The molecule has 5 nitrogen and oxygen atoms in total. The summed E-state index contributed by atoms with van der Waals surface area (Å²) in [5.41, 5.74) is 0.662. The minimum absolute atomic E-state index is 0.359. The second kappa shape index (κ2) is 5.46. The normalized spacial score (nSPS) is 9.89. The van der Waals surface area contributed by atoms with Gasteiger partial charge >= 0.3 is 0 Å². The molecule has 0 aliphatic heterocycles. The summed E-state index contributed by atoms with van der Waals surface area (Å²) in [7, 11) is 0. The Kier molecular flexibility index (Phi) is 3.74. The number of halogens is 1. The molecule has 1 amide bonds. The van der Waals surface area contributed by atoms with Gasteiger partial charge in [0, 0.05) is 12.3 Å². The van der Waals surface area contributed by atoms with Crippen LogP contribution in [0.5, 0.6) is 11.5 Å². The zero-order valence-electron chi connectivity index (χ0n) is 9.55. The van der Waals surface area contributed by atoms with Crippen molar-refractivity contribution in [2.45, 2.75) is 6.92 Å². The third kappa shape index (κ3) is 2.95. The second-order valence-electron chi connectivity index (χ2n) is 3.46. The molecule has 0 saturated carbocycles. The molecule has 0 aliphatic rings. The third-order valence-corrected chi connectivity index (χ3v) is 2.38. The zero-order valence-corrected chi connectivity index (χ0v) is 10.3. The number of aromatic nitrogens is 2. The Balaban J connectivity index is 2.21. The van der Waals surface area contributed by atoms with E-state index >= 15 is 0 Å². The Hall–Kier alpha value is -2.14. The van der Waals surface area contributed by atoms with Crippen molar-refractivity contribution in [1.82, 2.24) is 9.97 Å². The molecular formula is C12H10ClN3O2. The van der Waals surface area contributed by atoms with Crippen LogP contribution in [0.15, 0.2) is 30.5 Å². The first-order valence-electron chi connectivity index (χ1n) is 5.16. The maximum atomic E-state index is 10.3. The van der Waals surface area contributed by atoms with Crippen LogP contribution in [0.3, 0.4) is 0 Å². The van der Waals surface area contributed by atoms with E-state index in [1.807, 2.05) is 0 Å². The molecule has 18 heavy (non-hydrogen) atoms. The van der Waals surface area contributed by atoms with Crippen molar-refractivity contribution >= 4 is 23.8 Å². The third-order valence-electron chi connectivity index (χ3n) is 2.17. The fourth-order valence-electron chi connectivity index (χ4n) is 1.37. The Morgan fingerprint density at radius 3 is 2.89 bits per heavy atom. The van der Waals surface area contributed by atoms with Crippen LogP contribution in [0.4, 0.5) is 5.82 Å². The monoisotopic (exact) mass is 263 g/mol. The molecule has 0 bridgehead atoms. The first kappa shape index (κ1) is 12.3. The topological polar surface area (TPSA) is 64.1 Å². The van der Waals surface area contributed by atoms with Crippen molar-refractivity contribution in [3.05, 3.63) is 41.3 Å². The summed E-state index contributed by atoms with van der Waals surface area (Å²) in [6, 6.07) is 6.68. The molecule has 2 aromatic rings. The number of aryl methyl sites for hydroxylation is 1. The van der Waals surface area contributed by atoms with Crippen LogP contribution < -0.4 is 10.1 Å². The molecule has 2 heterocycles. The van der Waals surface area contributed by atoms with Crippen LogP contribution in [-0.4, -0.2) is 16.4 Å². The average molecular weight is 264 g/mol. The van der Waals surface area contributed by atoms with Gasteiger partial charge in [-0.2, -0.15) is 0 Å². The molecule has 0 fully saturated rings. The molecule has 2 rings (SSSR count). The van der Waals surface area contributed by atoms with Gasteiger partial charge in [0.15, 0.2) is 0 Å². The second-order valence-corrected chi connectivity index (χ2v) is 3.85.